The highest BCUT2D eigenvalue weighted by Gasteiger charge is 2.15. The summed E-state index contributed by atoms with van der Waals surface area (Å²) in [7, 11) is 0. The van der Waals surface area contributed by atoms with E-state index in [0.717, 1.165) is 11.8 Å². The summed E-state index contributed by atoms with van der Waals surface area (Å²) in [5.74, 6) is 6.14. The van der Waals surface area contributed by atoms with Gasteiger partial charge in [-0.2, -0.15) is 0 Å². The van der Waals surface area contributed by atoms with Crippen LogP contribution in [0.4, 0.5) is 10.1 Å². The van der Waals surface area contributed by atoms with Crippen molar-refractivity contribution in [3.8, 4) is 5.75 Å². The van der Waals surface area contributed by atoms with Crippen LogP contribution in [0.25, 0.3) is 0 Å². The van der Waals surface area contributed by atoms with Crippen molar-refractivity contribution in [2.45, 2.75) is 25.6 Å². The Bertz CT molecular complexity index is 1100. The fourth-order valence-corrected chi connectivity index (χ4v) is 3.61. The Balaban J connectivity index is 1.53. The number of nitrogens with two attached hydrogens (primary N) is 1. The third-order valence-electron chi connectivity index (χ3n) is 4.69. The van der Waals surface area contributed by atoms with Gasteiger partial charge in [-0.3, -0.25) is 9.59 Å². The van der Waals surface area contributed by atoms with Crippen LogP contribution >= 0.6 is 11.8 Å². The number of hydrogen-bond donors (Lipinski definition) is 2. The summed E-state index contributed by atoms with van der Waals surface area (Å²) in [6, 6.07) is 12.4. The predicted molar refractivity (Wildman–Crippen MR) is 124 cm³/mol. The Hall–Kier alpha value is -3.60. The van der Waals surface area contributed by atoms with E-state index in [1.807, 2.05) is 13.8 Å². The second-order valence-corrected chi connectivity index (χ2v) is 7.85. The number of nitrogens with zero attached hydrogens (tertiary/aromatic N) is 4. The Kier molecular flexibility index (Phi) is 8.25. The number of ether oxygens (including phenoxy) is 1. The van der Waals surface area contributed by atoms with Gasteiger partial charge in [0.15, 0.2) is 5.82 Å². The van der Waals surface area contributed by atoms with E-state index in [2.05, 4.69) is 15.5 Å². The molecular formula is C22H25FN6O3S. The lowest BCUT2D eigenvalue weighted by Gasteiger charge is -2.19. The lowest BCUT2D eigenvalue weighted by molar-refractivity contribution is -0.113. The average molecular weight is 473 g/mol. The number of benzene rings is 2. The summed E-state index contributed by atoms with van der Waals surface area (Å²) in [5, 5.41) is 11.1. The average Bonchev–Trinajstić information content (AvgIpc) is 3.17. The number of hydrogen-bond acceptors (Lipinski definition) is 7. The van der Waals surface area contributed by atoms with Crippen LogP contribution in [-0.4, -0.2) is 50.4 Å². The smallest absolute Gasteiger partial charge is 0.253 e. The molecule has 0 bridgehead atoms. The molecule has 0 aliphatic carbocycles. The van der Waals surface area contributed by atoms with Crippen LogP contribution in [-0.2, 0) is 11.4 Å². The first-order valence-corrected chi connectivity index (χ1v) is 11.3. The summed E-state index contributed by atoms with van der Waals surface area (Å²) >= 11 is 1.11. The Morgan fingerprint density at radius 1 is 1.15 bits per heavy atom. The van der Waals surface area contributed by atoms with Gasteiger partial charge in [-0.05, 0) is 56.3 Å². The van der Waals surface area contributed by atoms with Gasteiger partial charge in [0.1, 0.15) is 18.2 Å². The van der Waals surface area contributed by atoms with Gasteiger partial charge in [-0.15, -0.1) is 10.2 Å². The zero-order valence-corrected chi connectivity index (χ0v) is 19.1. The molecule has 0 fully saturated rings. The van der Waals surface area contributed by atoms with E-state index in [4.69, 9.17) is 10.6 Å². The highest BCUT2D eigenvalue weighted by Crippen LogP contribution is 2.18. The number of nitrogens with one attached hydrogen (secondary N) is 1. The van der Waals surface area contributed by atoms with Crippen molar-refractivity contribution in [3.05, 3.63) is 65.7 Å². The standard InChI is InChI=1S/C22H25FN6O3S/c1-3-28(4-2)21(31)15-6-5-7-17(12-15)25-20(30)14-33-22-27-26-19(29(22)24)13-32-18-10-8-16(23)9-11-18/h5-12H,3-4,13-14,24H2,1-2H3,(H,25,30). The summed E-state index contributed by atoms with van der Waals surface area (Å²) in [4.78, 5) is 26.6. The van der Waals surface area contributed by atoms with Crippen LogP contribution in [0.5, 0.6) is 5.75 Å². The third-order valence-corrected chi connectivity index (χ3v) is 5.64. The van der Waals surface area contributed by atoms with E-state index in [1.54, 1.807) is 29.2 Å². The maximum atomic E-state index is 13.0. The van der Waals surface area contributed by atoms with Gasteiger partial charge < -0.3 is 20.8 Å². The van der Waals surface area contributed by atoms with E-state index < -0.39 is 0 Å². The quantitative estimate of drug-likeness (QED) is 0.344. The molecule has 0 saturated heterocycles. The maximum Gasteiger partial charge on any atom is 0.253 e. The number of nitrogen functional groups attached to an aromatic ring is 1. The molecular weight excluding hydrogens is 447 g/mol. The van der Waals surface area contributed by atoms with Crippen molar-refractivity contribution in [1.82, 2.24) is 19.8 Å². The number of halogens is 1. The van der Waals surface area contributed by atoms with Gasteiger partial charge in [0.25, 0.3) is 5.91 Å². The van der Waals surface area contributed by atoms with Crippen molar-refractivity contribution >= 4 is 29.3 Å². The molecule has 0 radical (unpaired) electrons. The third kappa shape index (κ3) is 6.45. The minimum atomic E-state index is -0.358. The van der Waals surface area contributed by atoms with Crippen LogP contribution in [0.15, 0.2) is 53.7 Å². The van der Waals surface area contributed by atoms with Gasteiger partial charge in [0, 0.05) is 24.3 Å². The van der Waals surface area contributed by atoms with Crippen molar-refractivity contribution in [1.29, 1.82) is 0 Å². The molecule has 33 heavy (non-hydrogen) atoms. The molecule has 174 valence electrons. The van der Waals surface area contributed by atoms with Crippen LogP contribution in [0, 0.1) is 5.82 Å². The zero-order chi connectivity index (χ0) is 23.8. The van der Waals surface area contributed by atoms with E-state index in [9.17, 15) is 14.0 Å². The van der Waals surface area contributed by atoms with E-state index in [-0.39, 0.29) is 30.0 Å². The van der Waals surface area contributed by atoms with Crippen molar-refractivity contribution in [2.75, 3.05) is 30.0 Å². The van der Waals surface area contributed by atoms with Crippen LogP contribution in [0.2, 0.25) is 0 Å². The number of carbonyl (C=O) groups is 2. The zero-order valence-electron chi connectivity index (χ0n) is 18.3. The van der Waals surface area contributed by atoms with Gasteiger partial charge in [-0.25, -0.2) is 9.07 Å². The number of rotatable bonds is 10. The Morgan fingerprint density at radius 3 is 2.58 bits per heavy atom. The highest BCUT2D eigenvalue weighted by molar-refractivity contribution is 7.99. The van der Waals surface area contributed by atoms with E-state index in [0.29, 0.717) is 41.1 Å². The van der Waals surface area contributed by atoms with Crippen molar-refractivity contribution in [2.24, 2.45) is 0 Å². The SMILES string of the molecule is CCN(CC)C(=O)c1cccc(NC(=O)CSc2nnc(COc3ccc(F)cc3)n2N)c1. The fourth-order valence-electron chi connectivity index (χ4n) is 2.93. The monoisotopic (exact) mass is 472 g/mol. The number of carbonyl (C=O) groups excluding carboxylic acids is 2. The second kappa shape index (κ2) is 11.3. The molecule has 0 spiro atoms. The molecule has 0 saturated carbocycles. The summed E-state index contributed by atoms with van der Waals surface area (Å²) in [6.45, 7) is 5.09. The topological polar surface area (TPSA) is 115 Å². The molecule has 11 heteroatoms. The van der Waals surface area contributed by atoms with Gasteiger partial charge in [0.2, 0.25) is 11.1 Å². The first-order chi connectivity index (χ1) is 15.9. The van der Waals surface area contributed by atoms with E-state index in [1.165, 1.54) is 28.9 Å². The summed E-state index contributed by atoms with van der Waals surface area (Å²) < 4.78 is 19.7. The fraction of sp³-hybridized carbons (Fsp3) is 0.273. The lowest BCUT2D eigenvalue weighted by atomic mass is 10.1. The number of anilines is 1. The maximum absolute atomic E-state index is 13.0. The second-order valence-electron chi connectivity index (χ2n) is 6.91. The van der Waals surface area contributed by atoms with Crippen LogP contribution in [0.3, 0.4) is 0 Å². The van der Waals surface area contributed by atoms with Gasteiger partial charge >= 0.3 is 0 Å². The molecule has 1 aromatic heterocycles. The number of thioether (sulfide) groups is 1. The van der Waals surface area contributed by atoms with Gasteiger partial charge in [-0.1, -0.05) is 17.8 Å². The minimum Gasteiger partial charge on any atom is -0.486 e. The normalized spacial score (nSPS) is 10.6. The van der Waals surface area contributed by atoms with Crippen molar-refractivity contribution < 1.29 is 18.7 Å². The molecule has 9 nitrogen and oxygen atoms in total. The van der Waals surface area contributed by atoms with Crippen LogP contribution < -0.4 is 15.9 Å². The Morgan fingerprint density at radius 2 is 1.88 bits per heavy atom. The molecule has 0 aliphatic rings. The molecule has 3 rings (SSSR count). The number of amides is 2. The number of aromatic nitrogens is 3. The van der Waals surface area contributed by atoms with Crippen LogP contribution in [0.1, 0.15) is 30.0 Å². The Labute approximate surface area is 195 Å². The molecule has 0 unspecified atom stereocenters. The first kappa shape index (κ1) is 24.1. The summed E-state index contributed by atoms with van der Waals surface area (Å²) in [5.41, 5.74) is 1.04. The largest absolute Gasteiger partial charge is 0.486 e. The van der Waals surface area contributed by atoms with Gasteiger partial charge in [0.05, 0.1) is 5.75 Å². The molecule has 3 N–H and O–H groups in total. The summed E-state index contributed by atoms with van der Waals surface area (Å²) in [6.07, 6.45) is 0. The molecule has 0 aliphatic heterocycles. The first-order valence-electron chi connectivity index (χ1n) is 10.3. The highest BCUT2D eigenvalue weighted by atomic mass is 32.2. The molecule has 3 aromatic rings. The van der Waals surface area contributed by atoms with E-state index >= 15 is 0 Å². The molecule has 1 heterocycles. The van der Waals surface area contributed by atoms with Crippen molar-refractivity contribution in [3.63, 3.8) is 0 Å². The molecule has 0 atom stereocenters. The lowest BCUT2D eigenvalue weighted by Crippen LogP contribution is -2.30. The molecule has 2 aromatic carbocycles. The molecule has 2 amide bonds. The minimum absolute atomic E-state index is 0.0370. The predicted octanol–water partition coefficient (Wildman–Crippen LogP) is 2.92.